The van der Waals surface area contributed by atoms with Crippen molar-refractivity contribution < 1.29 is 37.8 Å². The molecule has 0 atom stereocenters. The summed E-state index contributed by atoms with van der Waals surface area (Å²) in [7, 11) is -9.73. The topological polar surface area (TPSA) is 188 Å². The Balaban J connectivity index is 3.00. The third-order valence-electron chi connectivity index (χ3n) is 2.11. The van der Waals surface area contributed by atoms with E-state index in [2.05, 4.69) is 9.05 Å². The van der Waals surface area contributed by atoms with E-state index < -0.39 is 46.2 Å². The molecule has 0 saturated heterocycles. The minimum atomic E-state index is -4.87. The van der Waals surface area contributed by atoms with Crippen LogP contribution in [0.4, 0.5) is 0 Å². The lowest BCUT2D eigenvalue weighted by Gasteiger charge is -2.19. The third-order valence-corrected chi connectivity index (χ3v) is 3.09. The third kappa shape index (κ3) is 6.93. The van der Waals surface area contributed by atoms with E-state index in [1.165, 1.54) is 0 Å². The Morgan fingerprint density at radius 2 is 1.57 bits per heavy atom. The van der Waals surface area contributed by atoms with Crippen molar-refractivity contribution in [1.29, 1.82) is 0 Å². The number of phosphoric ester groups is 2. The van der Waals surface area contributed by atoms with Crippen LogP contribution in [0.3, 0.4) is 0 Å². The van der Waals surface area contributed by atoms with Gasteiger partial charge in [0.15, 0.2) is 0 Å². The zero-order valence-electron chi connectivity index (χ0n) is 10.2. The van der Waals surface area contributed by atoms with Gasteiger partial charge in [-0.2, -0.15) is 0 Å². The molecule has 0 aliphatic rings. The summed E-state index contributed by atoms with van der Waals surface area (Å²) in [4.78, 5) is 58.7. The SMILES string of the molecule is O=c1ccn(C(COP(=O)(O)O)COP(=O)(O)O)c(=O)[nH]1. The molecule has 1 aromatic heterocycles. The largest absolute Gasteiger partial charge is 0.469 e. The Kier molecular flexibility index (Phi) is 5.79. The van der Waals surface area contributed by atoms with Crippen LogP contribution in [0.15, 0.2) is 21.9 Å². The lowest BCUT2D eigenvalue weighted by atomic mass is 10.3. The predicted molar refractivity (Wildman–Crippen MR) is 66.4 cm³/mol. The number of nitrogens with zero attached hydrogens (tertiary/aromatic N) is 1. The normalized spacial score (nSPS) is 12.8. The van der Waals surface area contributed by atoms with Gasteiger partial charge < -0.3 is 19.6 Å². The van der Waals surface area contributed by atoms with Crippen LogP contribution in [0.1, 0.15) is 6.04 Å². The molecule has 0 amide bonds. The van der Waals surface area contributed by atoms with Crippen LogP contribution >= 0.6 is 15.6 Å². The number of aromatic amines is 1. The molecule has 0 aromatic carbocycles. The average molecular weight is 346 g/mol. The average Bonchev–Trinajstić information content (AvgIpc) is 2.28. The van der Waals surface area contributed by atoms with Crippen molar-refractivity contribution in [1.82, 2.24) is 9.55 Å². The van der Waals surface area contributed by atoms with Crippen LogP contribution in [-0.4, -0.2) is 42.3 Å². The van der Waals surface area contributed by atoms with Gasteiger partial charge in [0, 0.05) is 12.3 Å². The number of H-pyrrole nitrogens is 1. The molecular formula is C7H12N2O10P2. The molecule has 120 valence electrons. The zero-order chi connectivity index (χ0) is 16.3. The monoisotopic (exact) mass is 346 g/mol. The van der Waals surface area contributed by atoms with Gasteiger partial charge in [-0.1, -0.05) is 0 Å². The Labute approximate surface area is 116 Å². The molecular weight excluding hydrogens is 334 g/mol. The zero-order valence-corrected chi connectivity index (χ0v) is 12.0. The molecule has 0 spiro atoms. The van der Waals surface area contributed by atoms with Gasteiger partial charge >= 0.3 is 21.3 Å². The van der Waals surface area contributed by atoms with Crippen molar-refractivity contribution >= 4 is 15.6 Å². The van der Waals surface area contributed by atoms with E-state index in [-0.39, 0.29) is 0 Å². The summed E-state index contributed by atoms with van der Waals surface area (Å²) in [5.41, 5.74) is -1.68. The molecule has 0 bridgehead atoms. The smallest absolute Gasteiger partial charge is 0.303 e. The summed E-state index contributed by atoms with van der Waals surface area (Å²) in [5, 5.41) is 0. The predicted octanol–water partition coefficient (Wildman–Crippen LogP) is -1.70. The summed E-state index contributed by atoms with van der Waals surface area (Å²) < 4.78 is 30.4. The Hall–Kier alpha value is -1.10. The first kappa shape index (κ1) is 18.0. The van der Waals surface area contributed by atoms with Crippen LogP contribution in [0.5, 0.6) is 0 Å². The molecule has 0 aliphatic carbocycles. The first-order chi connectivity index (χ1) is 9.48. The minimum Gasteiger partial charge on any atom is -0.303 e. The van der Waals surface area contributed by atoms with Gasteiger partial charge in [0.1, 0.15) is 0 Å². The van der Waals surface area contributed by atoms with Gasteiger partial charge in [-0.25, -0.2) is 13.9 Å². The van der Waals surface area contributed by atoms with E-state index >= 15 is 0 Å². The van der Waals surface area contributed by atoms with Gasteiger partial charge in [0.25, 0.3) is 5.56 Å². The van der Waals surface area contributed by atoms with E-state index in [4.69, 9.17) is 19.6 Å². The highest BCUT2D eigenvalue weighted by Crippen LogP contribution is 2.39. The number of hydrogen-bond acceptors (Lipinski definition) is 6. The maximum absolute atomic E-state index is 11.5. The second kappa shape index (κ2) is 6.77. The second-order valence-corrected chi connectivity index (χ2v) is 6.22. The summed E-state index contributed by atoms with van der Waals surface area (Å²) in [6.07, 6.45) is 0.970. The lowest BCUT2D eigenvalue weighted by Crippen LogP contribution is -2.35. The Bertz CT molecular complexity index is 657. The van der Waals surface area contributed by atoms with Crippen molar-refractivity contribution in [3.63, 3.8) is 0 Å². The highest BCUT2D eigenvalue weighted by Gasteiger charge is 2.24. The van der Waals surface area contributed by atoms with Crippen molar-refractivity contribution in [3.8, 4) is 0 Å². The fourth-order valence-corrected chi connectivity index (χ4v) is 2.02. The Morgan fingerprint density at radius 1 is 1.10 bits per heavy atom. The molecule has 14 heteroatoms. The van der Waals surface area contributed by atoms with Gasteiger partial charge in [0.05, 0.1) is 19.3 Å². The standard InChI is InChI=1S/C7H12N2O10P2/c10-6-1-2-9(7(11)8-6)5(3-18-20(12,13)14)4-19-21(15,16)17/h1-2,5H,3-4H2,(H,8,10,11)(H2,12,13,14)(H2,15,16,17). The van der Waals surface area contributed by atoms with Gasteiger partial charge in [0.2, 0.25) is 0 Å². The first-order valence-corrected chi connectivity index (χ1v) is 8.25. The molecule has 1 aromatic rings. The second-order valence-electron chi connectivity index (χ2n) is 3.74. The van der Waals surface area contributed by atoms with Crippen LogP contribution in [-0.2, 0) is 18.2 Å². The number of rotatable bonds is 7. The van der Waals surface area contributed by atoms with Gasteiger partial charge in [-0.15, -0.1) is 0 Å². The van der Waals surface area contributed by atoms with Crippen molar-refractivity contribution in [3.05, 3.63) is 33.1 Å². The van der Waals surface area contributed by atoms with Gasteiger partial charge in [-0.05, 0) is 0 Å². The van der Waals surface area contributed by atoms with Crippen molar-refractivity contribution in [2.24, 2.45) is 0 Å². The molecule has 0 aliphatic heterocycles. The summed E-state index contributed by atoms with van der Waals surface area (Å²) in [6, 6.07) is -0.349. The quantitative estimate of drug-likeness (QED) is 0.356. The molecule has 5 N–H and O–H groups in total. The van der Waals surface area contributed by atoms with E-state index in [1.807, 2.05) is 4.98 Å². The molecule has 21 heavy (non-hydrogen) atoms. The summed E-state index contributed by atoms with van der Waals surface area (Å²) in [6.45, 7) is -1.56. The summed E-state index contributed by atoms with van der Waals surface area (Å²) >= 11 is 0. The van der Waals surface area contributed by atoms with E-state index in [9.17, 15) is 18.7 Å². The molecule has 0 fully saturated rings. The highest BCUT2D eigenvalue weighted by molar-refractivity contribution is 7.46. The number of nitrogens with one attached hydrogen (secondary N) is 1. The lowest BCUT2D eigenvalue weighted by molar-refractivity contribution is 0.119. The molecule has 1 rings (SSSR count). The molecule has 0 unspecified atom stereocenters. The van der Waals surface area contributed by atoms with E-state index in [1.54, 1.807) is 0 Å². The summed E-state index contributed by atoms with van der Waals surface area (Å²) in [5.74, 6) is 0. The molecule has 12 nitrogen and oxygen atoms in total. The fraction of sp³-hybridized carbons (Fsp3) is 0.429. The molecule has 0 radical (unpaired) electrons. The molecule has 0 saturated carbocycles. The first-order valence-electron chi connectivity index (χ1n) is 5.19. The van der Waals surface area contributed by atoms with Crippen LogP contribution < -0.4 is 11.2 Å². The highest BCUT2D eigenvalue weighted by atomic mass is 31.2. The number of aromatic nitrogens is 2. The van der Waals surface area contributed by atoms with E-state index in [0.29, 0.717) is 0 Å². The van der Waals surface area contributed by atoms with Crippen molar-refractivity contribution in [2.45, 2.75) is 6.04 Å². The fourth-order valence-electron chi connectivity index (χ4n) is 1.29. The maximum atomic E-state index is 11.5. The number of phosphoric acid groups is 2. The Morgan fingerprint density at radius 3 is 1.95 bits per heavy atom. The van der Waals surface area contributed by atoms with Crippen LogP contribution in [0, 0.1) is 0 Å². The van der Waals surface area contributed by atoms with E-state index in [0.717, 1.165) is 16.8 Å². The van der Waals surface area contributed by atoms with Crippen LogP contribution in [0.25, 0.3) is 0 Å². The van der Waals surface area contributed by atoms with Crippen LogP contribution in [0.2, 0.25) is 0 Å². The maximum Gasteiger partial charge on any atom is 0.469 e. The van der Waals surface area contributed by atoms with Gasteiger partial charge in [-0.3, -0.25) is 23.4 Å². The number of hydrogen-bond donors (Lipinski definition) is 5. The minimum absolute atomic E-state index is 0.721. The van der Waals surface area contributed by atoms with Crippen molar-refractivity contribution in [2.75, 3.05) is 13.2 Å². The molecule has 1 heterocycles.